The summed E-state index contributed by atoms with van der Waals surface area (Å²) in [6.07, 6.45) is 2.78. The number of nitrogens with two attached hydrogens (primary N) is 1. The van der Waals surface area contributed by atoms with Gasteiger partial charge < -0.3 is 16.0 Å². The first-order valence-corrected chi connectivity index (χ1v) is 7.86. The fourth-order valence-corrected chi connectivity index (χ4v) is 2.55. The molecule has 0 saturated carbocycles. The topological polar surface area (TPSA) is 92.5 Å². The first-order chi connectivity index (χ1) is 7.90. The number of likely N-dealkylation sites (tertiary alicyclic amines) is 1. The van der Waals surface area contributed by atoms with E-state index in [4.69, 9.17) is 5.73 Å². The molecule has 0 spiro atoms. The predicted molar refractivity (Wildman–Crippen MR) is 66.4 cm³/mol. The van der Waals surface area contributed by atoms with E-state index in [0.717, 1.165) is 38.7 Å². The second-order valence-electron chi connectivity index (χ2n) is 4.54. The Morgan fingerprint density at radius 1 is 1.41 bits per heavy atom. The summed E-state index contributed by atoms with van der Waals surface area (Å²) in [5.74, 6) is -0.819. The summed E-state index contributed by atoms with van der Waals surface area (Å²) in [5, 5.41) is 2.76. The summed E-state index contributed by atoms with van der Waals surface area (Å²) in [6, 6.07) is 0.0956. The molecule has 1 saturated heterocycles. The zero-order valence-electron chi connectivity index (χ0n) is 10.2. The minimum absolute atomic E-state index is 0.0956. The number of amides is 1. The van der Waals surface area contributed by atoms with Gasteiger partial charge in [0, 0.05) is 38.5 Å². The number of carbonyl (C=O) groups excluding carboxylic acids is 1. The van der Waals surface area contributed by atoms with Crippen LogP contribution < -0.4 is 11.1 Å². The van der Waals surface area contributed by atoms with Crippen LogP contribution in [0.4, 0.5) is 0 Å². The largest absolute Gasteiger partial charge is 0.352 e. The highest BCUT2D eigenvalue weighted by Crippen LogP contribution is 2.09. The molecule has 17 heavy (non-hydrogen) atoms. The monoisotopic (exact) mass is 263 g/mol. The Morgan fingerprint density at radius 3 is 2.47 bits per heavy atom. The van der Waals surface area contributed by atoms with Gasteiger partial charge in [-0.15, -0.1) is 0 Å². The van der Waals surface area contributed by atoms with Gasteiger partial charge in [-0.2, -0.15) is 0 Å². The van der Waals surface area contributed by atoms with Crippen LogP contribution >= 0.6 is 0 Å². The van der Waals surface area contributed by atoms with E-state index in [0.29, 0.717) is 6.54 Å². The predicted octanol–water partition coefficient (Wildman–Crippen LogP) is -1.43. The molecule has 0 atom stereocenters. The zero-order chi connectivity index (χ0) is 12.9. The van der Waals surface area contributed by atoms with Crippen LogP contribution in [-0.2, 0) is 14.6 Å². The molecular weight excluding hydrogens is 242 g/mol. The van der Waals surface area contributed by atoms with Crippen molar-refractivity contribution < 1.29 is 13.2 Å². The number of carbonyl (C=O) groups is 1. The number of nitrogens with one attached hydrogen (secondary N) is 1. The maximum Gasteiger partial charge on any atom is 0.235 e. The number of sulfone groups is 1. The van der Waals surface area contributed by atoms with Crippen molar-refractivity contribution in [2.45, 2.75) is 18.9 Å². The summed E-state index contributed by atoms with van der Waals surface area (Å²) < 4.78 is 21.9. The Labute approximate surface area is 102 Å². The van der Waals surface area contributed by atoms with E-state index in [1.54, 1.807) is 0 Å². The molecule has 0 unspecified atom stereocenters. The van der Waals surface area contributed by atoms with Gasteiger partial charge >= 0.3 is 0 Å². The summed E-state index contributed by atoms with van der Waals surface area (Å²) in [6.45, 7) is 3.33. The number of rotatable bonds is 5. The van der Waals surface area contributed by atoms with Crippen LogP contribution in [0, 0.1) is 0 Å². The number of hydrogen-bond acceptors (Lipinski definition) is 5. The number of hydrogen-bond donors (Lipinski definition) is 2. The molecule has 1 heterocycles. The average Bonchev–Trinajstić information content (AvgIpc) is 2.18. The fourth-order valence-electron chi connectivity index (χ4n) is 1.99. The van der Waals surface area contributed by atoms with Gasteiger partial charge in [-0.25, -0.2) is 8.42 Å². The van der Waals surface area contributed by atoms with E-state index in [1.807, 2.05) is 0 Å². The van der Waals surface area contributed by atoms with E-state index in [1.165, 1.54) is 0 Å². The smallest absolute Gasteiger partial charge is 0.235 e. The normalized spacial score (nSPS) is 19.2. The number of piperidine rings is 1. The molecule has 0 radical (unpaired) electrons. The standard InChI is InChI=1S/C10H21N3O3S/c1-17(15,16)8-10(14)12-9-2-5-13(6-3-9)7-4-11/h9H,2-8,11H2,1H3,(H,12,14). The first-order valence-electron chi connectivity index (χ1n) is 5.80. The van der Waals surface area contributed by atoms with Crippen molar-refractivity contribution in [3.05, 3.63) is 0 Å². The van der Waals surface area contributed by atoms with E-state index >= 15 is 0 Å². The minimum atomic E-state index is -3.23. The van der Waals surface area contributed by atoms with Gasteiger partial charge in [0.25, 0.3) is 0 Å². The molecule has 0 bridgehead atoms. The van der Waals surface area contributed by atoms with E-state index in [2.05, 4.69) is 10.2 Å². The van der Waals surface area contributed by atoms with Crippen molar-refractivity contribution in [3.8, 4) is 0 Å². The lowest BCUT2D eigenvalue weighted by molar-refractivity contribution is -0.119. The maximum absolute atomic E-state index is 11.4. The van der Waals surface area contributed by atoms with Crippen molar-refractivity contribution in [3.63, 3.8) is 0 Å². The average molecular weight is 263 g/mol. The van der Waals surface area contributed by atoms with Crippen molar-refractivity contribution in [2.24, 2.45) is 5.73 Å². The highest BCUT2D eigenvalue weighted by Gasteiger charge is 2.21. The molecule has 1 amide bonds. The third-order valence-electron chi connectivity index (χ3n) is 2.79. The molecule has 3 N–H and O–H groups in total. The zero-order valence-corrected chi connectivity index (χ0v) is 11.0. The molecule has 0 aromatic heterocycles. The lowest BCUT2D eigenvalue weighted by atomic mass is 10.1. The maximum atomic E-state index is 11.4. The molecule has 1 aliphatic heterocycles. The molecule has 1 aliphatic rings. The van der Waals surface area contributed by atoms with Crippen LogP contribution in [0.25, 0.3) is 0 Å². The van der Waals surface area contributed by atoms with Gasteiger partial charge in [0.1, 0.15) is 5.75 Å². The van der Waals surface area contributed by atoms with Crippen LogP contribution in [0.5, 0.6) is 0 Å². The van der Waals surface area contributed by atoms with Gasteiger partial charge in [-0.1, -0.05) is 0 Å². The summed E-state index contributed by atoms with van der Waals surface area (Å²) >= 11 is 0. The summed E-state index contributed by atoms with van der Waals surface area (Å²) in [5.41, 5.74) is 5.47. The molecule has 1 rings (SSSR count). The lowest BCUT2D eigenvalue weighted by Gasteiger charge is -2.31. The lowest BCUT2D eigenvalue weighted by Crippen LogP contribution is -2.46. The minimum Gasteiger partial charge on any atom is -0.352 e. The fraction of sp³-hybridized carbons (Fsp3) is 0.900. The SMILES string of the molecule is CS(=O)(=O)CC(=O)NC1CCN(CCN)CC1. The summed E-state index contributed by atoms with van der Waals surface area (Å²) in [7, 11) is -3.23. The second kappa shape index (κ2) is 6.32. The van der Waals surface area contributed by atoms with Crippen molar-refractivity contribution in [2.75, 3.05) is 38.2 Å². The van der Waals surface area contributed by atoms with E-state index in [9.17, 15) is 13.2 Å². The Kier molecular flexibility index (Phi) is 5.35. The van der Waals surface area contributed by atoms with Gasteiger partial charge in [-0.3, -0.25) is 4.79 Å². The van der Waals surface area contributed by atoms with Crippen LogP contribution in [0.2, 0.25) is 0 Å². The van der Waals surface area contributed by atoms with E-state index < -0.39 is 21.5 Å². The molecule has 0 aliphatic carbocycles. The second-order valence-corrected chi connectivity index (χ2v) is 6.68. The van der Waals surface area contributed by atoms with Crippen LogP contribution in [0.3, 0.4) is 0 Å². The van der Waals surface area contributed by atoms with Gasteiger partial charge in [0.05, 0.1) is 0 Å². The van der Waals surface area contributed by atoms with Gasteiger partial charge in [-0.05, 0) is 12.8 Å². The third-order valence-corrected chi connectivity index (χ3v) is 3.58. The highest BCUT2D eigenvalue weighted by atomic mass is 32.2. The van der Waals surface area contributed by atoms with Gasteiger partial charge in [0.15, 0.2) is 9.84 Å². The molecule has 1 fully saturated rings. The Morgan fingerprint density at radius 2 is 2.00 bits per heavy atom. The van der Waals surface area contributed by atoms with Crippen molar-refractivity contribution >= 4 is 15.7 Å². The first kappa shape index (κ1) is 14.4. The molecular formula is C10H21N3O3S. The molecule has 100 valence electrons. The number of nitrogens with zero attached hydrogens (tertiary/aromatic N) is 1. The molecule has 6 nitrogen and oxygen atoms in total. The highest BCUT2D eigenvalue weighted by molar-refractivity contribution is 7.91. The Balaban J connectivity index is 2.28. The van der Waals surface area contributed by atoms with Crippen molar-refractivity contribution in [1.29, 1.82) is 0 Å². The summed E-state index contributed by atoms with van der Waals surface area (Å²) in [4.78, 5) is 13.7. The quantitative estimate of drug-likeness (QED) is 0.634. The molecule has 0 aromatic carbocycles. The van der Waals surface area contributed by atoms with Crippen molar-refractivity contribution in [1.82, 2.24) is 10.2 Å². The third kappa shape index (κ3) is 5.99. The molecule has 7 heteroatoms. The van der Waals surface area contributed by atoms with E-state index in [-0.39, 0.29) is 6.04 Å². The van der Waals surface area contributed by atoms with Gasteiger partial charge in [0.2, 0.25) is 5.91 Å². The molecule has 0 aromatic rings. The Bertz CT molecular complexity index is 348. The Hall–Kier alpha value is -0.660. The van der Waals surface area contributed by atoms with Crippen LogP contribution in [-0.4, -0.2) is 63.5 Å². The van der Waals surface area contributed by atoms with Crippen LogP contribution in [0.15, 0.2) is 0 Å². The van der Waals surface area contributed by atoms with Crippen LogP contribution in [0.1, 0.15) is 12.8 Å².